The number of hydrogen-bond acceptors (Lipinski definition) is 7. The molecule has 0 aromatic carbocycles. The minimum atomic E-state index is -0.617. The number of ether oxygens (including phenoxy) is 2. The lowest BCUT2D eigenvalue weighted by molar-refractivity contribution is -0.141. The van der Waals surface area contributed by atoms with Crippen LogP contribution < -0.4 is 0 Å². The molecule has 1 aromatic heterocycles. The van der Waals surface area contributed by atoms with Crippen LogP contribution in [-0.4, -0.2) is 57.3 Å². The van der Waals surface area contributed by atoms with E-state index in [2.05, 4.69) is 20.3 Å². The van der Waals surface area contributed by atoms with Crippen molar-refractivity contribution in [1.82, 2.24) is 19.9 Å². The molecule has 1 rings (SSSR count). The molecule has 27 heavy (non-hydrogen) atoms. The van der Waals surface area contributed by atoms with Crippen molar-refractivity contribution in [2.45, 2.75) is 59.2 Å². The summed E-state index contributed by atoms with van der Waals surface area (Å²) >= 11 is 0. The number of esters is 1. The van der Waals surface area contributed by atoms with E-state index in [1.807, 2.05) is 0 Å². The van der Waals surface area contributed by atoms with Crippen molar-refractivity contribution in [2.75, 3.05) is 19.7 Å². The number of carbonyl (C=O) groups is 2. The molecule has 1 aromatic rings. The van der Waals surface area contributed by atoms with Gasteiger partial charge in [0.15, 0.2) is 0 Å². The average molecular weight is 381 g/mol. The zero-order valence-corrected chi connectivity index (χ0v) is 16.3. The maximum absolute atomic E-state index is 12.4. The number of rotatable bonds is 10. The highest BCUT2D eigenvalue weighted by Crippen LogP contribution is 2.12. The van der Waals surface area contributed by atoms with Crippen molar-refractivity contribution in [2.24, 2.45) is 5.11 Å². The van der Waals surface area contributed by atoms with Gasteiger partial charge in [-0.3, -0.25) is 9.48 Å². The van der Waals surface area contributed by atoms with Gasteiger partial charge in [0.2, 0.25) is 0 Å². The van der Waals surface area contributed by atoms with Crippen molar-refractivity contribution < 1.29 is 19.1 Å². The fourth-order valence-electron chi connectivity index (χ4n) is 2.10. The average Bonchev–Trinajstić information content (AvgIpc) is 3.00. The van der Waals surface area contributed by atoms with Crippen LogP contribution in [0.5, 0.6) is 0 Å². The van der Waals surface area contributed by atoms with E-state index >= 15 is 0 Å². The Morgan fingerprint density at radius 3 is 2.74 bits per heavy atom. The van der Waals surface area contributed by atoms with Gasteiger partial charge in [-0.1, -0.05) is 10.3 Å². The first-order valence-electron chi connectivity index (χ1n) is 8.72. The quantitative estimate of drug-likeness (QED) is 0.201. The Bertz CT molecular complexity index is 662. The molecular weight excluding hydrogens is 354 g/mol. The Labute approximate surface area is 158 Å². The lowest BCUT2D eigenvalue weighted by Crippen LogP contribution is -2.37. The normalized spacial score (nSPS) is 10.8. The second-order valence-corrected chi connectivity index (χ2v) is 6.88. The van der Waals surface area contributed by atoms with E-state index < -0.39 is 11.7 Å². The van der Waals surface area contributed by atoms with Gasteiger partial charge in [-0.05, 0) is 32.7 Å². The van der Waals surface area contributed by atoms with Gasteiger partial charge >= 0.3 is 12.1 Å². The minimum Gasteiger partial charge on any atom is -0.466 e. The number of nitrogens with zero attached hydrogens (tertiary/aromatic N) is 7. The largest absolute Gasteiger partial charge is 0.466 e. The van der Waals surface area contributed by atoms with E-state index in [9.17, 15) is 9.59 Å². The first-order valence-corrected chi connectivity index (χ1v) is 8.72. The van der Waals surface area contributed by atoms with Crippen molar-refractivity contribution in [3.05, 3.63) is 22.3 Å². The van der Waals surface area contributed by atoms with E-state index in [-0.39, 0.29) is 12.5 Å². The number of aryl methyl sites for hydroxylation is 1. The van der Waals surface area contributed by atoms with E-state index in [0.29, 0.717) is 44.8 Å². The molecule has 0 atom stereocenters. The highest BCUT2D eigenvalue weighted by Gasteiger charge is 2.22. The maximum atomic E-state index is 12.4. The summed E-state index contributed by atoms with van der Waals surface area (Å²) < 4.78 is 11.9. The number of hydrogen-bond donors (Lipinski definition) is 0. The third-order valence-electron chi connectivity index (χ3n) is 3.18. The van der Waals surface area contributed by atoms with Gasteiger partial charge in [0.1, 0.15) is 11.3 Å². The molecule has 0 unspecified atom stereocenters. The molecule has 0 aliphatic rings. The minimum absolute atomic E-state index is 0.231. The summed E-state index contributed by atoms with van der Waals surface area (Å²) in [5, 5.41) is 11.6. The number of carbonyl (C=O) groups excluding carboxylic acids is 2. The molecule has 0 bridgehead atoms. The fraction of sp³-hybridized carbons (Fsp3) is 0.750. The van der Waals surface area contributed by atoms with Crippen molar-refractivity contribution >= 4 is 12.1 Å². The van der Waals surface area contributed by atoms with Gasteiger partial charge < -0.3 is 14.4 Å². The van der Waals surface area contributed by atoms with Gasteiger partial charge in [-0.25, -0.2) is 4.79 Å². The molecule has 150 valence electrons. The Morgan fingerprint density at radius 1 is 1.37 bits per heavy atom. The van der Waals surface area contributed by atoms with Crippen LogP contribution >= 0.6 is 0 Å². The van der Waals surface area contributed by atoms with Gasteiger partial charge in [0.05, 0.1) is 19.3 Å². The summed E-state index contributed by atoms with van der Waals surface area (Å²) in [6, 6.07) is 0. The molecule has 0 aliphatic carbocycles. The second-order valence-electron chi connectivity index (χ2n) is 6.88. The zero-order chi connectivity index (χ0) is 20.3. The van der Waals surface area contributed by atoms with Crippen LogP contribution in [0, 0.1) is 0 Å². The smallest absolute Gasteiger partial charge is 0.410 e. The molecule has 11 heteroatoms. The van der Waals surface area contributed by atoms with Crippen LogP contribution in [-0.2, 0) is 27.4 Å². The van der Waals surface area contributed by atoms with Crippen molar-refractivity contribution in [3.8, 4) is 0 Å². The van der Waals surface area contributed by atoms with Crippen LogP contribution in [0.2, 0.25) is 0 Å². The second kappa shape index (κ2) is 11.0. The van der Waals surface area contributed by atoms with Crippen LogP contribution in [0.1, 0.15) is 46.2 Å². The third-order valence-corrected chi connectivity index (χ3v) is 3.18. The van der Waals surface area contributed by atoms with Gasteiger partial charge in [0, 0.05) is 37.9 Å². The molecule has 11 nitrogen and oxygen atoms in total. The fourth-order valence-corrected chi connectivity index (χ4v) is 2.10. The molecule has 0 spiro atoms. The SMILES string of the molecule is CC(=O)OCCCn1cc(CN(CCCN=[N+]=[N-])C(=O)OC(C)(C)C)nn1. The zero-order valence-electron chi connectivity index (χ0n) is 16.3. The molecule has 0 radical (unpaired) electrons. The summed E-state index contributed by atoms with van der Waals surface area (Å²) in [7, 11) is 0. The molecule has 0 aliphatic heterocycles. The monoisotopic (exact) mass is 381 g/mol. The Hall–Kier alpha value is -2.81. The lowest BCUT2D eigenvalue weighted by Gasteiger charge is -2.26. The number of amides is 1. The third kappa shape index (κ3) is 10.0. The van der Waals surface area contributed by atoms with E-state index in [0.717, 1.165) is 0 Å². The molecule has 0 fully saturated rings. The summed E-state index contributed by atoms with van der Waals surface area (Å²) in [4.78, 5) is 27.4. The summed E-state index contributed by atoms with van der Waals surface area (Å²) in [5.41, 5.74) is 8.35. The van der Waals surface area contributed by atoms with Crippen LogP contribution in [0.4, 0.5) is 4.79 Å². The summed E-state index contributed by atoms with van der Waals surface area (Å²) in [6.45, 7) is 8.49. The highest BCUT2D eigenvalue weighted by molar-refractivity contribution is 5.68. The van der Waals surface area contributed by atoms with Crippen LogP contribution in [0.15, 0.2) is 11.3 Å². The summed E-state index contributed by atoms with van der Waals surface area (Å²) in [6.07, 6.45) is 2.40. The van der Waals surface area contributed by atoms with E-state index in [1.165, 1.54) is 11.8 Å². The predicted octanol–water partition coefficient (Wildman–Crippen LogP) is 2.67. The standard InChI is InChI=1S/C16H27N7O4/c1-13(24)26-10-6-9-23-12-14(19-21-23)11-22(8-5-7-18-20-17)15(25)27-16(2,3)4/h12H,5-11H2,1-4H3. The van der Waals surface area contributed by atoms with Gasteiger partial charge in [-0.2, -0.15) is 0 Å². The van der Waals surface area contributed by atoms with E-state index in [4.69, 9.17) is 15.0 Å². The van der Waals surface area contributed by atoms with Crippen LogP contribution in [0.25, 0.3) is 10.4 Å². The lowest BCUT2D eigenvalue weighted by atomic mass is 10.2. The Balaban J connectivity index is 2.63. The molecule has 0 N–H and O–H groups in total. The maximum Gasteiger partial charge on any atom is 0.410 e. The first-order chi connectivity index (χ1) is 12.7. The Kier molecular flexibility index (Phi) is 9.07. The first kappa shape index (κ1) is 22.2. The highest BCUT2D eigenvalue weighted by atomic mass is 16.6. The molecule has 1 amide bonds. The molecule has 0 saturated heterocycles. The number of azide groups is 1. The molecule has 1 heterocycles. The van der Waals surface area contributed by atoms with Crippen molar-refractivity contribution in [3.63, 3.8) is 0 Å². The molecular formula is C16H27N7O4. The topological polar surface area (TPSA) is 135 Å². The number of aromatic nitrogens is 3. The molecule has 0 saturated carbocycles. The van der Waals surface area contributed by atoms with Gasteiger partial charge in [-0.15, -0.1) is 5.10 Å². The summed E-state index contributed by atoms with van der Waals surface area (Å²) in [5.74, 6) is -0.317. The predicted molar refractivity (Wildman–Crippen MR) is 96.5 cm³/mol. The van der Waals surface area contributed by atoms with E-state index in [1.54, 1.807) is 31.6 Å². The van der Waals surface area contributed by atoms with Crippen molar-refractivity contribution in [1.29, 1.82) is 0 Å². The van der Waals surface area contributed by atoms with Gasteiger partial charge in [0.25, 0.3) is 0 Å². The van der Waals surface area contributed by atoms with Crippen LogP contribution in [0.3, 0.4) is 0 Å². The Morgan fingerprint density at radius 2 is 2.11 bits per heavy atom.